The number of Topliss-reactive ketones (excluding diaryl/α,β-unsaturated/α-hetero) is 1. The number of esters is 1. The number of ether oxygens (including phenoxy) is 1. The lowest BCUT2D eigenvalue weighted by Crippen LogP contribution is -2.60. The lowest BCUT2D eigenvalue weighted by molar-refractivity contribution is -0.182. The number of carbonyl (C=O) groups is 2. The molecule has 0 aromatic carbocycles. The van der Waals surface area contributed by atoms with Crippen LogP contribution < -0.4 is 0 Å². The Hall–Kier alpha value is -1.32. The van der Waals surface area contributed by atoms with Gasteiger partial charge in [-0.05, 0) is 62.4 Å². The fourth-order valence-electron chi connectivity index (χ4n) is 6.22. The first-order valence-corrected chi connectivity index (χ1v) is 8.72. The van der Waals surface area contributed by atoms with Crippen molar-refractivity contribution in [2.45, 2.75) is 59.3 Å². The maximum Gasteiger partial charge on any atom is 0.311 e. The molecule has 23 heavy (non-hydrogen) atoms. The third-order valence-corrected chi connectivity index (χ3v) is 7.44. The van der Waals surface area contributed by atoms with Crippen LogP contribution in [0.4, 0.5) is 0 Å². The summed E-state index contributed by atoms with van der Waals surface area (Å²) in [7, 11) is 1.47. The Labute approximate surface area is 138 Å². The summed E-state index contributed by atoms with van der Waals surface area (Å²) in [4.78, 5) is 25.1. The second kappa shape index (κ2) is 5.09. The summed E-state index contributed by atoms with van der Waals surface area (Å²) in [6.45, 7) is 6.31. The zero-order valence-corrected chi connectivity index (χ0v) is 14.6. The zero-order valence-electron chi connectivity index (χ0n) is 14.6. The second-order valence-corrected chi connectivity index (χ2v) is 8.48. The number of rotatable bonds is 1. The number of hydrogen-bond donors (Lipinski definition) is 1. The lowest BCUT2D eigenvalue weighted by atomic mass is 9.41. The monoisotopic (exact) mass is 320 g/mol. The van der Waals surface area contributed by atoms with Crippen LogP contribution in [0.1, 0.15) is 59.3 Å². The van der Waals surface area contributed by atoms with E-state index in [1.807, 2.05) is 13.8 Å². The van der Waals surface area contributed by atoms with Gasteiger partial charge in [-0.1, -0.05) is 20.3 Å². The summed E-state index contributed by atoms with van der Waals surface area (Å²) in [5.41, 5.74) is -1.03. The third-order valence-electron chi connectivity index (χ3n) is 7.44. The molecule has 3 rings (SSSR count). The topological polar surface area (TPSA) is 63.6 Å². The zero-order chi connectivity index (χ0) is 17.0. The molecule has 0 bridgehead atoms. The molecule has 0 amide bonds. The van der Waals surface area contributed by atoms with E-state index in [-0.39, 0.29) is 34.8 Å². The van der Waals surface area contributed by atoms with E-state index in [1.165, 1.54) is 7.11 Å². The highest BCUT2D eigenvalue weighted by atomic mass is 16.5. The van der Waals surface area contributed by atoms with Gasteiger partial charge in [0, 0.05) is 5.41 Å². The van der Waals surface area contributed by atoms with Crippen molar-refractivity contribution in [1.82, 2.24) is 0 Å². The number of methoxy groups -OCH3 is 1. The van der Waals surface area contributed by atoms with Gasteiger partial charge in [-0.25, -0.2) is 0 Å². The first-order chi connectivity index (χ1) is 10.7. The van der Waals surface area contributed by atoms with Gasteiger partial charge in [-0.2, -0.15) is 0 Å². The minimum absolute atomic E-state index is 0.0684. The smallest absolute Gasteiger partial charge is 0.311 e. The van der Waals surface area contributed by atoms with Gasteiger partial charge in [-0.3, -0.25) is 9.59 Å². The third kappa shape index (κ3) is 2.03. The molecule has 5 unspecified atom stereocenters. The van der Waals surface area contributed by atoms with Crippen LogP contribution >= 0.6 is 0 Å². The number of aliphatic hydroxyl groups excluding tert-OH is 1. The predicted molar refractivity (Wildman–Crippen MR) is 86.7 cm³/mol. The van der Waals surface area contributed by atoms with Gasteiger partial charge in [0.25, 0.3) is 0 Å². The fraction of sp³-hybridized carbons (Fsp3) is 0.789. The predicted octanol–water partition coefficient (Wildman–Crippen LogP) is 3.80. The van der Waals surface area contributed by atoms with Crippen molar-refractivity contribution in [2.24, 2.45) is 28.1 Å². The van der Waals surface area contributed by atoms with Gasteiger partial charge in [0.15, 0.2) is 5.76 Å². The van der Waals surface area contributed by atoms with E-state index >= 15 is 0 Å². The average Bonchev–Trinajstić information content (AvgIpc) is 2.50. The van der Waals surface area contributed by atoms with Crippen LogP contribution in [0.5, 0.6) is 0 Å². The number of carbonyl (C=O) groups excluding carboxylic acids is 2. The van der Waals surface area contributed by atoms with Crippen molar-refractivity contribution < 1.29 is 19.4 Å². The highest BCUT2D eigenvalue weighted by Crippen LogP contribution is 2.66. The van der Waals surface area contributed by atoms with Crippen molar-refractivity contribution in [2.75, 3.05) is 7.11 Å². The van der Waals surface area contributed by atoms with Gasteiger partial charge in [0.2, 0.25) is 5.78 Å². The standard InChI is InChI=1S/C19H28O4/c1-17-9-5-10-19(3,16(22)23-4)14(17)8-11-18(2)13(17)7-6-12(20)15(18)21/h6,13-14,20H,5,7-11H2,1-4H3. The van der Waals surface area contributed by atoms with Gasteiger partial charge in [0.1, 0.15) is 0 Å². The van der Waals surface area contributed by atoms with Crippen LogP contribution in [0, 0.1) is 28.1 Å². The number of allylic oxidation sites excluding steroid dienone is 2. The highest BCUT2D eigenvalue weighted by Gasteiger charge is 2.64. The van der Waals surface area contributed by atoms with Crippen molar-refractivity contribution >= 4 is 11.8 Å². The second-order valence-electron chi connectivity index (χ2n) is 8.48. The molecule has 1 N–H and O–H groups in total. The molecule has 2 saturated carbocycles. The van der Waals surface area contributed by atoms with Crippen LogP contribution in [-0.2, 0) is 14.3 Å². The van der Waals surface area contributed by atoms with E-state index in [0.717, 1.165) is 38.5 Å². The van der Waals surface area contributed by atoms with Crippen LogP contribution in [0.15, 0.2) is 11.8 Å². The van der Waals surface area contributed by atoms with E-state index in [1.54, 1.807) is 6.08 Å². The Balaban J connectivity index is 2.05. The Kier molecular flexibility index (Phi) is 3.66. The molecule has 5 atom stereocenters. The number of fused-ring (bicyclic) bond motifs is 3. The molecular formula is C19H28O4. The van der Waals surface area contributed by atoms with Crippen molar-refractivity contribution in [3.63, 3.8) is 0 Å². The van der Waals surface area contributed by atoms with Gasteiger partial charge >= 0.3 is 5.97 Å². The molecule has 3 aliphatic carbocycles. The Bertz CT molecular complexity index is 580. The lowest BCUT2D eigenvalue weighted by Gasteiger charge is -2.62. The summed E-state index contributed by atoms with van der Waals surface area (Å²) < 4.78 is 5.13. The van der Waals surface area contributed by atoms with Crippen LogP contribution in [-0.4, -0.2) is 24.0 Å². The van der Waals surface area contributed by atoms with Crippen molar-refractivity contribution in [3.8, 4) is 0 Å². The SMILES string of the molecule is COC(=O)C1(C)CCCC2(C)C1CCC1(C)C(=O)C(O)=CCC12. The van der Waals surface area contributed by atoms with E-state index < -0.39 is 10.8 Å². The Morgan fingerprint density at radius 1 is 1.22 bits per heavy atom. The molecule has 0 aliphatic heterocycles. The molecule has 0 aromatic rings. The Morgan fingerprint density at radius 2 is 1.91 bits per heavy atom. The summed E-state index contributed by atoms with van der Waals surface area (Å²) in [6, 6.07) is 0. The maximum atomic E-state index is 12.6. The first-order valence-electron chi connectivity index (χ1n) is 8.72. The van der Waals surface area contributed by atoms with E-state index in [2.05, 4.69) is 6.92 Å². The minimum Gasteiger partial charge on any atom is -0.505 e. The normalized spacial score (nSPS) is 46.4. The van der Waals surface area contributed by atoms with Crippen LogP contribution in [0.25, 0.3) is 0 Å². The maximum absolute atomic E-state index is 12.6. The summed E-state index contributed by atoms with van der Waals surface area (Å²) in [6.07, 6.45) is 6.86. The fourth-order valence-corrected chi connectivity index (χ4v) is 6.22. The van der Waals surface area contributed by atoms with Crippen molar-refractivity contribution in [1.29, 1.82) is 0 Å². The van der Waals surface area contributed by atoms with Gasteiger partial charge in [-0.15, -0.1) is 0 Å². The van der Waals surface area contributed by atoms with Gasteiger partial charge in [0.05, 0.1) is 12.5 Å². The van der Waals surface area contributed by atoms with E-state index in [0.29, 0.717) is 0 Å². The quantitative estimate of drug-likeness (QED) is 0.746. The molecule has 4 heteroatoms. The van der Waals surface area contributed by atoms with Crippen LogP contribution in [0.3, 0.4) is 0 Å². The molecule has 0 saturated heterocycles. The number of aliphatic hydroxyl groups is 1. The van der Waals surface area contributed by atoms with Crippen LogP contribution in [0.2, 0.25) is 0 Å². The molecule has 0 radical (unpaired) electrons. The largest absolute Gasteiger partial charge is 0.505 e. The molecule has 0 heterocycles. The molecule has 2 fully saturated rings. The average molecular weight is 320 g/mol. The molecule has 4 nitrogen and oxygen atoms in total. The van der Waals surface area contributed by atoms with Gasteiger partial charge < -0.3 is 9.84 Å². The molecule has 0 aromatic heterocycles. The molecular weight excluding hydrogens is 292 g/mol. The summed E-state index contributed by atoms with van der Waals surface area (Å²) in [5, 5.41) is 9.93. The van der Waals surface area contributed by atoms with Crippen molar-refractivity contribution in [3.05, 3.63) is 11.8 Å². The minimum atomic E-state index is -0.502. The van der Waals surface area contributed by atoms with E-state index in [9.17, 15) is 14.7 Å². The summed E-state index contributed by atoms with van der Waals surface area (Å²) >= 11 is 0. The summed E-state index contributed by atoms with van der Waals surface area (Å²) in [5.74, 6) is 0.116. The number of ketones is 1. The first kappa shape index (κ1) is 16.5. The Morgan fingerprint density at radius 3 is 2.57 bits per heavy atom. The molecule has 0 spiro atoms. The highest BCUT2D eigenvalue weighted by molar-refractivity contribution is 5.98. The molecule has 3 aliphatic rings. The van der Waals surface area contributed by atoms with E-state index in [4.69, 9.17) is 4.74 Å². The molecule has 128 valence electrons. The number of hydrogen-bond acceptors (Lipinski definition) is 4.